The maximum Gasteiger partial charge on any atom is 0.339 e. The third-order valence-corrected chi connectivity index (χ3v) is 5.24. The van der Waals surface area contributed by atoms with Gasteiger partial charge < -0.3 is 4.74 Å². The Balaban J connectivity index is 2.03. The Hall–Kier alpha value is -2.61. The van der Waals surface area contributed by atoms with Gasteiger partial charge in [-0.05, 0) is 73.2 Å². The predicted octanol–water partition coefficient (Wildman–Crippen LogP) is 5.45. The average molecular weight is 330 g/mol. The molecular formula is C23H22O2. The van der Waals surface area contributed by atoms with Gasteiger partial charge in [0.15, 0.2) is 0 Å². The lowest BCUT2D eigenvalue weighted by Gasteiger charge is -2.21. The highest BCUT2D eigenvalue weighted by Crippen LogP contribution is 2.42. The molecule has 4 rings (SSSR count). The number of carbonyl (C=O) groups is 1. The number of esters is 1. The van der Waals surface area contributed by atoms with Gasteiger partial charge in [-0.25, -0.2) is 4.79 Å². The molecule has 0 unspecified atom stereocenters. The molecule has 0 fully saturated rings. The molecule has 1 aliphatic heterocycles. The molecule has 25 heavy (non-hydrogen) atoms. The molecule has 3 aromatic carbocycles. The molecule has 0 aromatic heterocycles. The highest BCUT2D eigenvalue weighted by Gasteiger charge is 2.39. The molecule has 0 saturated carbocycles. The van der Waals surface area contributed by atoms with E-state index in [0.29, 0.717) is 5.56 Å². The monoisotopic (exact) mass is 330 g/mol. The first-order valence-corrected chi connectivity index (χ1v) is 8.71. The fourth-order valence-corrected chi connectivity index (χ4v) is 3.87. The number of hydrogen-bond donors (Lipinski definition) is 0. The molecule has 0 N–H and O–H groups in total. The number of ether oxygens (including phenoxy) is 1. The summed E-state index contributed by atoms with van der Waals surface area (Å²) in [4.78, 5) is 12.5. The van der Waals surface area contributed by atoms with E-state index in [0.717, 1.165) is 17.4 Å². The van der Waals surface area contributed by atoms with Crippen LogP contribution < -0.4 is 0 Å². The SMILES string of the molecule is Cc1cc2c(Cc3ccccc3)cc3c(c2cc1C)C(C)(C)OC3=O. The van der Waals surface area contributed by atoms with Crippen LogP contribution in [-0.4, -0.2) is 5.97 Å². The number of benzene rings is 3. The maximum atomic E-state index is 12.5. The van der Waals surface area contributed by atoms with Crippen LogP contribution in [0.4, 0.5) is 0 Å². The lowest BCUT2D eigenvalue weighted by atomic mass is 9.85. The Kier molecular flexibility index (Phi) is 3.47. The molecule has 0 radical (unpaired) electrons. The normalized spacial score (nSPS) is 15.3. The standard InChI is InChI=1S/C23H22O2/c1-14-10-18-17(12-16-8-6-5-7-9-16)13-20-21(19(18)11-15(14)2)23(3,4)25-22(20)24/h5-11,13H,12H2,1-4H3. The Bertz CT molecular complexity index is 998. The second kappa shape index (κ2) is 5.45. The molecule has 1 aliphatic rings. The van der Waals surface area contributed by atoms with Crippen LogP contribution in [0.1, 0.15) is 52.0 Å². The van der Waals surface area contributed by atoms with Gasteiger partial charge in [0.2, 0.25) is 0 Å². The summed E-state index contributed by atoms with van der Waals surface area (Å²) in [7, 11) is 0. The first-order valence-electron chi connectivity index (χ1n) is 8.71. The van der Waals surface area contributed by atoms with E-state index in [2.05, 4.69) is 50.2 Å². The predicted molar refractivity (Wildman–Crippen MR) is 101 cm³/mol. The Labute approximate surface area is 148 Å². The molecular weight excluding hydrogens is 308 g/mol. The lowest BCUT2D eigenvalue weighted by Crippen LogP contribution is -2.16. The van der Waals surface area contributed by atoms with Crippen molar-refractivity contribution in [3.63, 3.8) is 0 Å². The molecule has 2 heteroatoms. The molecule has 126 valence electrons. The summed E-state index contributed by atoms with van der Waals surface area (Å²) in [6.45, 7) is 8.21. The molecule has 0 saturated heterocycles. The summed E-state index contributed by atoms with van der Waals surface area (Å²) in [5, 5.41) is 2.36. The zero-order valence-electron chi connectivity index (χ0n) is 15.1. The zero-order valence-corrected chi connectivity index (χ0v) is 15.1. The summed E-state index contributed by atoms with van der Waals surface area (Å²) >= 11 is 0. The Morgan fingerprint density at radius 1 is 0.920 bits per heavy atom. The van der Waals surface area contributed by atoms with Crippen LogP contribution in [0.5, 0.6) is 0 Å². The third-order valence-electron chi connectivity index (χ3n) is 5.24. The van der Waals surface area contributed by atoms with Crippen molar-refractivity contribution >= 4 is 16.7 Å². The van der Waals surface area contributed by atoms with Gasteiger partial charge >= 0.3 is 5.97 Å². The molecule has 0 atom stereocenters. The van der Waals surface area contributed by atoms with E-state index in [1.54, 1.807) is 0 Å². The topological polar surface area (TPSA) is 26.3 Å². The number of cyclic esters (lactones) is 1. The first kappa shape index (κ1) is 15.9. The molecule has 0 aliphatic carbocycles. The Morgan fingerprint density at radius 2 is 1.56 bits per heavy atom. The minimum atomic E-state index is -0.586. The van der Waals surface area contributed by atoms with E-state index in [4.69, 9.17) is 4.74 Å². The smallest absolute Gasteiger partial charge is 0.339 e. The van der Waals surface area contributed by atoms with Gasteiger partial charge in [-0.15, -0.1) is 0 Å². The fraction of sp³-hybridized carbons (Fsp3) is 0.261. The van der Waals surface area contributed by atoms with Crippen molar-refractivity contribution in [1.82, 2.24) is 0 Å². The summed E-state index contributed by atoms with van der Waals surface area (Å²) in [6.07, 6.45) is 0.806. The number of rotatable bonds is 2. The zero-order chi connectivity index (χ0) is 17.8. The molecule has 0 bridgehead atoms. The fourth-order valence-electron chi connectivity index (χ4n) is 3.87. The number of carbonyl (C=O) groups excluding carboxylic acids is 1. The van der Waals surface area contributed by atoms with Crippen molar-refractivity contribution in [2.75, 3.05) is 0 Å². The van der Waals surface area contributed by atoms with Crippen LogP contribution in [0.25, 0.3) is 10.8 Å². The molecule has 1 heterocycles. The van der Waals surface area contributed by atoms with Gasteiger partial charge in [-0.3, -0.25) is 0 Å². The van der Waals surface area contributed by atoms with Crippen LogP contribution in [0.2, 0.25) is 0 Å². The highest BCUT2D eigenvalue weighted by atomic mass is 16.6. The van der Waals surface area contributed by atoms with Crippen LogP contribution >= 0.6 is 0 Å². The lowest BCUT2D eigenvalue weighted by molar-refractivity contribution is 0.00995. The summed E-state index contributed by atoms with van der Waals surface area (Å²) < 4.78 is 5.66. The van der Waals surface area contributed by atoms with Gasteiger partial charge in [-0.1, -0.05) is 42.5 Å². The van der Waals surface area contributed by atoms with Crippen LogP contribution in [0.15, 0.2) is 48.5 Å². The first-order chi connectivity index (χ1) is 11.9. The average Bonchev–Trinajstić information content (AvgIpc) is 2.79. The van der Waals surface area contributed by atoms with Crippen molar-refractivity contribution in [3.05, 3.63) is 81.9 Å². The second-order valence-electron chi connectivity index (χ2n) is 7.50. The largest absolute Gasteiger partial charge is 0.451 e. The highest BCUT2D eigenvalue weighted by molar-refractivity contribution is 6.04. The van der Waals surface area contributed by atoms with Gasteiger partial charge in [0.05, 0.1) is 5.56 Å². The maximum absolute atomic E-state index is 12.5. The molecule has 0 spiro atoms. The number of fused-ring (bicyclic) bond motifs is 3. The van der Waals surface area contributed by atoms with E-state index in [1.807, 2.05) is 26.0 Å². The molecule has 2 nitrogen and oxygen atoms in total. The van der Waals surface area contributed by atoms with E-state index in [-0.39, 0.29) is 5.97 Å². The van der Waals surface area contributed by atoms with Crippen LogP contribution in [0, 0.1) is 13.8 Å². The van der Waals surface area contributed by atoms with Gasteiger partial charge in [-0.2, -0.15) is 0 Å². The molecule has 3 aromatic rings. The van der Waals surface area contributed by atoms with Crippen LogP contribution in [-0.2, 0) is 16.8 Å². The van der Waals surface area contributed by atoms with E-state index in [1.165, 1.54) is 27.6 Å². The minimum Gasteiger partial charge on any atom is -0.451 e. The third kappa shape index (κ3) is 2.53. The van der Waals surface area contributed by atoms with Crippen molar-refractivity contribution < 1.29 is 9.53 Å². The number of hydrogen-bond acceptors (Lipinski definition) is 2. The summed E-state index contributed by atoms with van der Waals surface area (Å²) in [6, 6.07) is 16.9. The van der Waals surface area contributed by atoms with Crippen molar-refractivity contribution in [3.8, 4) is 0 Å². The Morgan fingerprint density at radius 3 is 2.24 bits per heavy atom. The molecule has 0 amide bonds. The minimum absolute atomic E-state index is 0.213. The summed E-state index contributed by atoms with van der Waals surface area (Å²) in [5.41, 5.74) is 6.08. The number of aryl methyl sites for hydroxylation is 2. The summed E-state index contributed by atoms with van der Waals surface area (Å²) in [5.74, 6) is -0.213. The quantitative estimate of drug-likeness (QED) is 0.584. The van der Waals surface area contributed by atoms with Gasteiger partial charge in [0, 0.05) is 5.56 Å². The van der Waals surface area contributed by atoms with Gasteiger partial charge in [0.1, 0.15) is 5.60 Å². The second-order valence-corrected chi connectivity index (χ2v) is 7.50. The van der Waals surface area contributed by atoms with Gasteiger partial charge in [0.25, 0.3) is 0 Å². The van der Waals surface area contributed by atoms with Crippen LogP contribution in [0.3, 0.4) is 0 Å². The van der Waals surface area contributed by atoms with Crippen molar-refractivity contribution in [2.45, 2.75) is 39.7 Å². The van der Waals surface area contributed by atoms with Crippen molar-refractivity contribution in [1.29, 1.82) is 0 Å². The van der Waals surface area contributed by atoms with E-state index < -0.39 is 5.60 Å². The van der Waals surface area contributed by atoms with E-state index in [9.17, 15) is 4.79 Å². The van der Waals surface area contributed by atoms with E-state index >= 15 is 0 Å². The van der Waals surface area contributed by atoms with Crippen molar-refractivity contribution in [2.24, 2.45) is 0 Å².